The number of benzene rings is 2. The van der Waals surface area contributed by atoms with Gasteiger partial charge in [-0.15, -0.1) is 0 Å². The fourth-order valence-electron chi connectivity index (χ4n) is 3.56. The Hall–Kier alpha value is -3.89. The quantitative estimate of drug-likeness (QED) is 0.471. The molecular formula is C25H24N4O3. The number of nitrogens with zero attached hydrogens (tertiary/aromatic N) is 3. The number of aromatic nitrogens is 1. The molecule has 0 saturated carbocycles. The number of anilines is 2. The van der Waals surface area contributed by atoms with Crippen LogP contribution < -0.4 is 15.0 Å². The van der Waals surface area contributed by atoms with E-state index < -0.39 is 5.91 Å². The Labute approximate surface area is 186 Å². The van der Waals surface area contributed by atoms with Crippen LogP contribution in [-0.4, -0.2) is 43.8 Å². The van der Waals surface area contributed by atoms with Crippen LogP contribution >= 0.6 is 0 Å². The van der Waals surface area contributed by atoms with Gasteiger partial charge in [0.2, 0.25) is 0 Å². The zero-order chi connectivity index (χ0) is 22.3. The van der Waals surface area contributed by atoms with Crippen LogP contribution in [0.4, 0.5) is 11.5 Å². The molecule has 1 aromatic heterocycles. The summed E-state index contributed by atoms with van der Waals surface area (Å²) in [6, 6.07) is 18.8. The lowest BCUT2D eigenvalue weighted by molar-refractivity contribution is -0.112. The predicted octanol–water partition coefficient (Wildman–Crippen LogP) is 4.02. The third kappa shape index (κ3) is 4.88. The van der Waals surface area contributed by atoms with Crippen molar-refractivity contribution in [3.63, 3.8) is 0 Å². The second kappa shape index (κ2) is 9.94. The number of hydrogen-bond donors (Lipinski definition) is 1. The number of morpholine rings is 1. The molecule has 2 heterocycles. The Kier molecular flexibility index (Phi) is 6.63. The van der Waals surface area contributed by atoms with Crippen LogP contribution in [0.3, 0.4) is 0 Å². The van der Waals surface area contributed by atoms with E-state index in [-0.39, 0.29) is 5.57 Å². The van der Waals surface area contributed by atoms with Gasteiger partial charge in [-0.1, -0.05) is 18.2 Å². The van der Waals surface area contributed by atoms with Gasteiger partial charge in [-0.2, -0.15) is 5.26 Å². The maximum atomic E-state index is 12.8. The predicted molar refractivity (Wildman–Crippen MR) is 125 cm³/mol. The summed E-state index contributed by atoms with van der Waals surface area (Å²) in [5.41, 5.74) is 2.18. The lowest BCUT2D eigenvalue weighted by atomic mass is 10.1. The zero-order valence-electron chi connectivity index (χ0n) is 17.9. The van der Waals surface area contributed by atoms with Crippen molar-refractivity contribution in [3.8, 4) is 11.8 Å². The summed E-state index contributed by atoms with van der Waals surface area (Å²) < 4.78 is 10.9. The van der Waals surface area contributed by atoms with E-state index in [1.54, 1.807) is 30.3 Å². The third-order valence-corrected chi connectivity index (χ3v) is 5.13. The minimum Gasteiger partial charge on any atom is -0.494 e. The summed E-state index contributed by atoms with van der Waals surface area (Å²) >= 11 is 0. The van der Waals surface area contributed by atoms with Crippen LogP contribution in [0.1, 0.15) is 12.5 Å². The van der Waals surface area contributed by atoms with Gasteiger partial charge in [-0.25, -0.2) is 4.98 Å². The lowest BCUT2D eigenvalue weighted by Crippen LogP contribution is -2.37. The lowest BCUT2D eigenvalue weighted by Gasteiger charge is -2.29. The Balaban J connectivity index is 1.65. The number of nitrogens with one attached hydrogen (secondary N) is 1. The number of para-hydroxylation sites is 1. The fourth-order valence-corrected chi connectivity index (χ4v) is 3.56. The van der Waals surface area contributed by atoms with Gasteiger partial charge < -0.3 is 19.7 Å². The van der Waals surface area contributed by atoms with Crippen molar-refractivity contribution in [2.45, 2.75) is 6.92 Å². The summed E-state index contributed by atoms with van der Waals surface area (Å²) in [6.45, 7) is 5.10. The van der Waals surface area contributed by atoms with Gasteiger partial charge in [0.25, 0.3) is 5.91 Å². The average Bonchev–Trinajstić information content (AvgIpc) is 2.84. The first-order chi connectivity index (χ1) is 15.7. The van der Waals surface area contributed by atoms with E-state index in [1.807, 2.05) is 43.3 Å². The average molecular weight is 428 g/mol. The number of pyridine rings is 1. The van der Waals surface area contributed by atoms with Crippen LogP contribution in [0.25, 0.3) is 17.0 Å². The highest BCUT2D eigenvalue weighted by molar-refractivity contribution is 6.10. The van der Waals surface area contributed by atoms with Crippen LogP contribution in [0, 0.1) is 11.3 Å². The molecule has 7 heteroatoms. The molecule has 0 aliphatic carbocycles. The highest BCUT2D eigenvalue weighted by Crippen LogP contribution is 2.27. The summed E-state index contributed by atoms with van der Waals surface area (Å²) in [5, 5.41) is 13.4. The van der Waals surface area contributed by atoms with Gasteiger partial charge in [0.15, 0.2) is 0 Å². The second-order valence-electron chi connectivity index (χ2n) is 7.27. The molecule has 0 bridgehead atoms. The molecule has 0 spiro atoms. The van der Waals surface area contributed by atoms with E-state index >= 15 is 0 Å². The molecule has 1 aliphatic rings. The summed E-state index contributed by atoms with van der Waals surface area (Å²) in [4.78, 5) is 19.8. The SMILES string of the molecule is CCOc1ccc(NC(=O)/C(C#N)=C/c2cc3ccccc3nc2N2CCOCC2)cc1. The summed E-state index contributed by atoms with van der Waals surface area (Å²) in [6.07, 6.45) is 1.61. The van der Waals surface area contributed by atoms with E-state index in [9.17, 15) is 10.1 Å². The highest BCUT2D eigenvalue weighted by Gasteiger charge is 2.18. The molecule has 1 N–H and O–H groups in total. The molecule has 2 aromatic carbocycles. The van der Waals surface area contributed by atoms with Gasteiger partial charge in [0.05, 0.1) is 25.3 Å². The molecule has 1 aliphatic heterocycles. The van der Waals surface area contributed by atoms with Crippen molar-refractivity contribution in [3.05, 3.63) is 65.7 Å². The van der Waals surface area contributed by atoms with Gasteiger partial charge in [-0.3, -0.25) is 4.79 Å². The monoisotopic (exact) mass is 428 g/mol. The van der Waals surface area contributed by atoms with E-state index in [0.717, 1.165) is 28.0 Å². The molecule has 0 radical (unpaired) electrons. The molecule has 162 valence electrons. The van der Waals surface area contributed by atoms with E-state index in [2.05, 4.69) is 10.2 Å². The highest BCUT2D eigenvalue weighted by atomic mass is 16.5. The molecule has 1 saturated heterocycles. The van der Waals surface area contributed by atoms with Crippen LogP contribution in [0.5, 0.6) is 5.75 Å². The number of fused-ring (bicyclic) bond motifs is 1. The Morgan fingerprint density at radius 1 is 1.22 bits per heavy atom. The zero-order valence-corrected chi connectivity index (χ0v) is 17.9. The van der Waals surface area contributed by atoms with Gasteiger partial charge in [-0.05, 0) is 49.4 Å². The number of rotatable bonds is 6. The molecule has 0 atom stereocenters. The second-order valence-corrected chi connectivity index (χ2v) is 7.27. The molecule has 1 fully saturated rings. The van der Waals surface area contributed by atoms with Crippen molar-refractivity contribution < 1.29 is 14.3 Å². The first-order valence-corrected chi connectivity index (χ1v) is 10.6. The van der Waals surface area contributed by atoms with Crippen molar-refractivity contribution in [1.82, 2.24) is 4.98 Å². The molecule has 0 unspecified atom stereocenters. The maximum absolute atomic E-state index is 12.8. The van der Waals surface area contributed by atoms with Crippen LogP contribution in [0.2, 0.25) is 0 Å². The number of ether oxygens (including phenoxy) is 2. The number of amides is 1. The van der Waals surface area contributed by atoms with E-state index in [1.165, 1.54) is 0 Å². The van der Waals surface area contributed by atoms with Crippen molar-refractivity contribution in [2.75, 3.05) is 43.1 Å². The summed E-state index contributed by atoms with van der Waals surface area (Å²) in [7, 11) is 0. The standard InChI is InChI=1S/C25H24N4O3/c1-2-32-22-9-7-21(8-10-22)27-25(30)20(17-26)16-19-15-18-5-3-4-6-23(18)28-24(19)29-11-13-31-14-12-29/h3-10,15-16H,2,11-14H2,1H3,(H,27,30)/b20-16+. The smallest absolute Gasteiger partial charge is 0.266 e. The molecule has 3 aromatic rings. The minimum absolute atomic E-state index is 0.00507. The van der Waals surface area contributed by atoms with Crippen molar-refractivity contribution in [1.29, 1.82) is 5.26 Å². The topological polar surface area (TPSA) is 87.5 Å². The van der Waals surface area contributed by atoms with E-state index in [4.69, 9.17) is 14.5 Å². The molecule has 7 nitrogen and oxygen atoms in total. The first kappa shape index (κ1) is 21.3. The fraction of sp³-hybridized carbons (Fsp3) is 0.240. The van der Waals surface area contributed by atoms with E-state index in [0.29, 0.717) is 38.6 Å². The molecule has 4 rings (SSSR count). The number of nitriles is 1. The van der Waals surface area contributed by atoms with Crippen molar-refractivity contribution >= 4 is 34.4 Å². The Morgan fingerprint density at radius 3 is 2.69 bits per heavy atom. The number of hydrogen-bond acceptors (Lipinski definition) is 6. The Morgan fingerprint density at radius 2 is 1.97 bits per heavy atom. The molecular weight excluding hydrogens is 404 g/mol. The maximum Gasteiger partial charge on any atom is 0.266 e. The third-order valence-electron chi connectivity index (χ3n) is 5.13. The largest absolute Gasteiger partial charge is 0.494 e. The van der Waals surface area contributed by atoms with Crippen LogP contribution in [0.15, 0.2) is 60.2 Å². The number of carbonyl (C=O) groups excluding carboxylic acids is 1. The molecule has 32 heavy (non-hydrogen) atoms. The summed E-state index contributed by atoms with van der Waals surface area (Å²) in [5.74, 6) is 0.991. The Bertz CT molecular complexity index is 1180. The van der Waals surface area contributed by atoms with Crippen LogP contribution in [-0.2, 0) is 9.53 Å². The first-order valence-electron chi connectivity index (χ1n) is 10.6. The van der Waals surface area contributed by atoms with Gasteiger partial charge >= 0.3 is 0 Å². The van der Waals surface area contributed by atoms with Gasteiger partial charge in [0.1, 0.15) is 23.2 Å². The molecule has 1 amide bonds. The van der Waals surface area contributed by atoms with Crippen molar-refractivity contribution in [2.24, 2.45) is 0 Å². The number of carbonyl (C=O) groups is 1. The minimum atomic E-state index is -0.474. The van der Waals surface area contributed by atoms with Gasteiger partial charge in [0, 0.05) is 29.7 Å². The normalized spacial score (nSPS) is 14.1.